The molecule has 2 N–H and O–H groups in total. The molecule has 0 aromatic rings. The van der Waals surface area contributed by atoms with Gasteiger partial charge in [0.1, 0.15) is 0 Å². The first kappa shape index (κ1) is 21.4. The van der Waals surface area contributed by atoms with Gasteiger partial charge in [0, 0.05) is 31.7 Å². The van der Waals surface area contributed by atoms with E-state index in [2.05, 4.69) is 36.3 Å². The Morgan fingerprint density at radius 1 is 1.08 bits per heavy atom. The third-order valence-corrected chi connectivity index (χ3v) is 7.09. The molecule has 0 aromatic heterocycles. The lowest BCUT2D eigenvalue weighted by atomic mass is 9.94. The molecular formula is C18H36N4O3S. The van der Waals surface area contributed by atoms with E-state index in [1.165, 1.54) is 23.4 Å². The van der Waals surface area contributed by atoms with Crippen molar-refractivity contribution in [1.29, 1.82) is 0 Å². The van der Waals surface area contributed by atoms with Crippen molar-refractivity contribution in [2.75, 3.05) is 39.0 Å². The lowest BCUT2D eigenvalue weighted by Crippen LogP contribution is -2.53. The standard InChI is InChI=1S/C18H36N4O3S/c1-14(2)17(21-9-5-15(3)6-10-21)13-19-18(23)20-16-7-11-22(12-8-16)26(4,24)25/h14-17H,5-13H2,1-4H3,(H2,19,20,23). The summed E-state index contributed by atoms with van der Waals surface area (Å²) in [6, 6.07) is 0.264. The molecule has 2 rings (SSSR count). The quantitative estimate of drug-likeness (QED) is 0.722. The van der Waals surface area contributed by atoms with Gasteiger partial charge in [-0.05, 0) is 50.6 Å². The zero-order chi connectivity index (χ0) is 19.3. The molecule has 26 heavy (non-hydrogen) atoms. The second-order valence-electron chi connectivity index (χ2n) is 8.32. The number of rotatable bonds is 6. The van der Waals surface area contributed by atoms with Gasteiger partial charge in [0.25, 0.3) is 0 Å². The first-order chi connectivity index (χ1) is 12.2. The molecule has 2 heterocycles. The molecular weight excluding hydrogens is 352 g/mol. The molecule has 0 spiro atoms. The topological polar surface area (TPSA) is 81.8 Å². The Hall–Kier alpha value is -0.860. The van der Waals surface area contributed by atoms with Gasteiger partial charge in [-0.25, -0.2) is 17.5 Å². The minimum atomic E-state index is -3.13. The van der Waals surface area contributed by atoms with Gasteiger partial charge in [0.15, 0.2) is 0 Å². The molecule has 2 aliphatic heterocycles. The lowest BCUT2D eigenvalue weighted by molar-refractivity contribution is 0.108. The minimum absolute atomic E-state index is 0.0429. The zero-order valence-corrected chi connectivity index (χ0v) is 17.5. The van der Waals surface area contributed by atoms with Crippen LogP contribution in [0.25, 0.3) is 0 Å². The Bertz CT molecular complexity index is 551. The third kappa shape index (κ3) is 6.39. The number of urea groups is 1. The molecule has 1 unspecified atom stereocenters. The predicted molar refractivity (Wildman–Crippen MR) is 105 cm³/mol. The fraction of sp³-hybridized carbons (Fsp3) is 0.944. The zero-order valence-electron chi connectivity index (χ0n) is 16.7. The van der Waals surface area contributed by atoms with Gasteiger partial charge in [-0.3, -0.25) is 4.90 Å². The van der Waals surface area contributed by atoms with E-state index < -0.39 is 10.0 Å². The summed E-state index contributed by atoms with van der Waals surface area (Å²) in [5.41, 5.74) is 0. The Morgan fingerprint density at radius 2 is 1.65 bits per heavy atom. The number of hydrogen-bond donors (Lipinski definition) is 2. The highest BCUT2D eigenvalue weighted by atomic mass is 32.2. The summed E-state index contributed by atoms with van der Waals surface area (Å²) in [6.45, 7) is 10.6. The number of hydrogen-bond acceptors (Lipinski definition) is 4. The van der Waals surface area contributed by atoms with Crippen LogP contribution in [-0.2, 0) is 10.0 Å². The van der Waals surface area contributed by atoms with E-state index in [0.717, 1.165) is 19.0 Å². The molecule has 1 atom stereocenters. The summed E-state index contributed by atoms with van der Waals surface area (Å²) in [5, 5.41) is 6.04. The highest BCUT2D eigenvalue weighted by molar-refractivity contribution is 7.88. The van der Waals surface area contributed by atoms with E-state index in [4.69, 9.17) is 0 Å². The van der Waals surface area contributed by atoms with E-state index in [-0.39, 0.29) is 12.1 Å². The second kappa shape index (κ2) is 9.37. The molecule has 0 aliphatic carbocycles. The largest absolute Gasteiger partial charge is 0.337 e. The maximum Gasteiger partial charge on any atom is 0.315 e. The molecule has 7 nitrogen and oxygen atoms in total. The molecule has 2 saturated heterocycles. The Balaban J connectivity index is 1.75. The summed E-state index contributed by atoms with van der Waals surface area (Å²) in [6.07, 6.45) is 5.03. The summed E-state index contributed by atoms with van der Waals surface area (Å²) >= 11 is 0. The Labute approximate surface area is 158 Å². The summed E-state index contributed by atoms with van der Waals surface area (Å²) in [4.78, 5) is 14.8. The fourth-order valence-electron chi connectivity index (χ4n) is 3.91. The maximum atomic E-state index is 12.3. The van der Waals surface area contributed by atoms with Crippen molar-refractivity contribution >= 4 is 16.1 Å². The molecule has 2 fully saturated rings. The van der Waals surface area contributed by atoms with Crippen molar-refractivity contribution in [3.05, 3.63) is 0 Å². The predicted octanol–water partition coefficient (Wildman–Crippen LogP) is 1.47. The van der Waals surface area contributed by atoms with Crippen molar-refractivity contribution < 1.29 is 13.2 Å². The van der Waals surface area contributed by atoms with E-state index >= 15 is 0 Å². The Morgan fingerprint density at radius 3 is 2.15 bits per heavy atom. The van der Waals surface area contributed by atoms with Crippen LogP contribution in [0.15, 0.2) is 0 Å². The van der Waals surface area contributed by atoms with Crippen molar-refractivity contribution in [3.63, 3.8) is 0 Å². The molecule has 2 aliphatic rings. The summed E-state index contributed by atoms with van der Waals surface area (Å²) in [5.74, 6) is 1.29. The lowest BCUT2D eigenvalue weighted by Gasteiger charge is -2.39. The van der Waals surface area contributed by atoms with Crippen LogP contribution in [0.5, 0.6) is 0 Å². The van der Waals surface area contributed by atoms with Gasteiger partial charge >= 0.3 is 6.03 Å². The van der Waals surface area contributed by atoms with Crippen LogP contribution in [0.2, 0.25) is 0 Å². The molecule has 0 radical (unpaired) electrons. The van der Waals surface area contributed by atoms with E-state index in [1.807, 2.05) is 0 Å². The van der Waals surface area contributed by atoms with E-state index in [0.29, 0.717) is 44.4 Å². The molecule has 0 saturated carbocycles. The average molecular weight is 389 g/mol. The number of sulfonamides is 1. The van der Waals surface area contributed by atoms with Crippen molar-refractivity contribution in [3.8, 4) is 0 Å². The Kier molecular flexibility index (Phi) is 7.73. The van der Waals surface area contributed by atoms with Gasteiger partial charge in [-0.2, -0.15) is 0 Å². The van der Waals surface area contributed by atoms with Crippen molar-refractivity contribution in [2.45, 2.75) is 58.5 Å². The number of carbonyl (C=O) groups is 1. The van der Waals surface area contributed by atoms with Crippen LogP contribution >= 0.6 is 0 Å². The van der Waals surface area contributed by atoms with E-state index in [9.17, 15) is 13.2 Å². The number of nitrogens with one attached hydrogen (secondary N) is 2. The average Bonchev–Trinajstić information content (AvgIpc) is 2.56. The maximum absolute atomic E-state index is 12.3. The minimum Gasteiger partial charge on any atom is -0.337 e. The van der Waals surface area contributed by atoms with Crippen molar-refractivity contribution in [1.82, 2.24) is 19.8 Å². The van der Waals surface area contributed by atoms with Crippen LogP contribution in [0.1, 0.15) is 46.5 Å². The van der Waals surface area contributed by atoms with E-state index in [1.54, 1.807) is 0 Å². The fourth-order valence-corrected chi connectivity index (χ4v) is 4.79. The van der Waals surface area contributed by atoms with Crippen LogP contribution in [0, 0.1) is 11.8 Å². The molecule has 0 aromatic carbocycles. The van der Waals surface area contributed by atoms with Gasteiger partial charge in [0.05, 0.1) is 6.26 Å². The SMILES string of the molecule is CC1CCN(C(CNC(=O)NC2CCN(S(C)(=O)=O)CC2)C(C)C)CC1. The highest BCUT2D eigenvalue weighted by Crippen LogP contribution is 2.21. The molecule has 2 amide bonds. The summed E-state index contributed by atoms with van der Waals surface area (Å²) < 4.78 is 24.6. The second-order valence-corrected chi connectivity index (χ2v) is 10.3. The van der Waals surface area contributed by atoms with Gasteiger partial charge in [-0.15, -0.1) is 0 Å². The third-order valence-electron chi connectivity index (χ3n) is 5.79. The van der Waals surface area contributed by atoms with Gasteiger partial charge in [0.2, 0.25) is 10.0 Å². The monoisotopic (exact) mass is 388 g/mol. The number of amides is 2. The van der Waals surface area contributed by atoms with Crippen LogP contribution in [-0.4, -0.2) is 74.7 Å². The number of nitrogens with zero attached hydrogens (tertiary/aromatic N) is 2. The highest BCUT2D eigenvalue weighted by Gasteiger charge is 2.28. The first-order valence-electron chi connectivity index (χ1n) is 9.90. The van der Waals surface area contributed by atoms with Gasteiger partial charge in [-0.1, -0.05) is 20.8 Å². The normalized spacial score (nSPS) is 23.1. The number of piperidine rings is 2. The van der Waals surface area contributed by atoms with Gasteiger partial charge < -0.3 is 10.6 Å². The number of likely N-dealkylation sites (tertiary alicyclic amines) is 1. The molecule has 0 bridgehead atoms. The van der Waals surface area contributed by atoms with Crippen LogP contribution < -0.4 is 10.6 Å². The van der Waals surface area contributed by atoms with Crippen LogP contribution in [0.3, 0.4) is 0 Å². The smallest absolute Gasteiger partial charge is 0.315 e. The summed E-state index contributed by atoms with van der Waals surface area (Å²) in [7, 11) is -3.13. The first-order valence-corrected chi connectivity index (χ1v) is 11.7. The molecule has 152 valence electrons. The molecule has 8 heteroatoms. The van der Waals surface area contributed by atoms with Crippen molar-refractivity contribution in [2.24, 2.45) is 11.8 Å². The number of carbonyl (C=O) groups excluding carboxylic acids is 1. The van der Waals surface area contributed by atoms with Crippen LogP contribution in [0.4, 0.5) is 4.79 Å².